The van der Waals surface area contributed by atoms with Crippen molar-refractivity contribution in [2.45, 2.75) is 57.6 Å². The molecule has 4 rings (SSSR count). The zero-order valence-electron chi connectivity index (χ0n) is 22.2. The van der Waals surface area contributed by atoms with Crippen molar-refractivity contribution in [1.29, 1.82) is 0 Å². The number of ether oxygens (including phenoxy) is 1. The van der Waals surface area contributed by atoms with E-state index < -0.39 is 6.04 Å². The lowest BCUT2D eigenvalue weighted by molar-refractivity contribution is -0.138. The van der Waals surface area contributed by atoms with E-state index in [4.69, 9.17) is 4.74 Å². The predicted molar refractivity (Wildman–Crippen MR) is 147 cm³/mol. The summed E-state index contributed by atoms with van der Waals surface area (Å²) >= 11 is 0. The van der Waals surface area contributed by atoms with Crippen LogP contribution in [0.5, 0.6) is 0 Å². The van der Waals surface area contributed by atoms with E-state index in [1.54, 1.807) is 17.0 Å². The summed E-state index contributed by atoms with van der Waals surface area (Å²) in [6, 6.07) is 13.7. The lowest BCUT2D eigenvalue weighted by Crippen LogP contribution is -2.46. The Morgan fingerprint density at radius 3 is 2.67 bits per heavy atom. The molecule has 1 aliphatic rings. The van der Waals surface area contributed by atoms with E-state index in [-0.39, 0.29) is 36.8 Å². The Labute approximate surface area is 228 Å². The van der Waals surface area contributed by atoms with Crippen molar-refractivity contribution < 1.29 is 23.5 Å². The normalized spacial score (nSPS) is 15.0. The maximum absolute atomic E-state index is 12.9. The summed E-state index contributed by atoms with van der Waals surface area (Å²) in [5.41, 5.74) is 3.05. The quantitative estimate of drug-likeness (QED) is 0.272. The zero-order chi connectivity index (χ0) is 27.5. The van der Waals surface area contributed by atoms with Gasteiger partial charge >= 0.3 is 0 Å². The number of nitrogens with zero attached hydrogens (tertiary/aromatic N) is 1. The van der Waals surface area contributed by atoms with Gasteiger partial charge in [-0.1, -0.05) is 36.8 Å². The molecule has 1 saturated heterocycles. The molecule has 39 heavy (non-hydrogen) atoms. The summed E-state index contributed by atoms with van der Waals surface area (Å²) in [6.45, 7) is 1.85. The summed E-state index contributed by atoms with van der Waals surface area (Å²) < 4.78 is 18.3. The highest BCUT2D eigenvalue weighted by Crippen LogP contribution is 2.20. The Balaban J connectivity index is 1.06. The average Bonchev–Trinajstić information content (AvgIpc) is 3.60. The van der Waals surface area contributed by atoms with Gasteiger partial charge in [0, 0.05) is 43.2 Å². The molecule has 2 heterocycles. The predicted octanol–water partition coefficient (Wildman–Crippen LogP) is 3.85. The smallest absolute Gasteiger partial charge is 0.246 e. The number of aromatic amines is 1. The number of benzene rings is 2. The largest absolute Gasteiger partial charge is 0.367 e. The number of carbonyl (C=O) groups is 3. The minimum Gasteiger partial charge on any atom is -0.367 e. The summed E-state index contributed by atoms with van der Waals surface area (Å²) in [5, 5.41) is 7.00. The Kier molecular flexibility index (Phi) is 10.5. The number of unbranched alkanes of at least 4 members (excludes halogenated alkanes) is 2. The minimum absolute atomic E-state index is 0.0162. The van der Waals surface area contributed by atoms with Crippen molar-refractivity contribution in [1.82, 2.24) is 20.5 Å². The van der Waals surface area contributed by atoms with Crippen molar-refractivity contribution in [3.8, 4) is 0 Å². The molecule has 0 bridgehead atoms. The number of rotatable bonds is 14. The number of nitrogens with one attached hydrogen (secondary N) is 3. The van der Waals surface area contributed by atoms with Gasteiger partial charge in [0.05, 0.1) is 6.61 Å². The monoisotopic (exact) mass is 536 g/mol. The number of hydrogen-bond acceptors (Lipinski definition) is 4. The third-order valence-electron chi connectivity index (χ3n) is 7.05. The Morgan fingerprint density at radius 1 is 1.00 bits per heavy atom. The highest BCUT2D eigenvalue weighted by Gasteiger charge is 2.33. The first-order valence-corrected chi connectivity index (χ1v) is 13.7. The fraction of sp³-hybridized carbons (Fsp3) is 0.433. The molecule has 2 aromatic carbocycles. The molecule has 1 unspecified atom stereocenters. The van der Waals surface area contributed by atoms with Crippen molar-refractivity contribution in [2.75, 3.05) is 26.2 Å². The molecule has 3 aromatic rings. The highest BCUT2D eigenvalue weighted by molar-refractivity contribution is 5.88. The third-order valence-corrected chi connectivity index (χ3v) is 7.05. The highest BCUT2D eigenvalue weighted by atomic mass is 19.1. The number of para-hydroxylation sites is 1. The van der Waals surface area contributed by atoms with Gasteiger partial charge in [0.2, 0.25) is 17.7 Å². The van der Waals surface area contributed by atoms with E-state index in [2.05, 4.69) is 21.7 Å². The number of carbonyl (C=O) groups excluding carboxylic acids is 3. The molecule has 8 nitrogen and oxygen atoms in total. The van der Waals surface area contributed by atoms with Crippen LogP contribution in [0.3, 0.4) is 0 Å². The Hall–Kier alpha value is -3.72. The van der Waals surface area contributed by atoms with Crippen LogP contribution in [0, 0.1) is 5.82 Å². The van der Waals surface area contributed by atoms with Gasteiger partial charge in [0.15, 0.2) is 0 Å². The number of aromatic nitrogens is 1. The lowest BCUT2D eigenvalue weighted by atomic mass is 10.1. The number of hydrogen-bond donors (Lipinski definition) is 3. The van der Waals surface area contributed by atoms with Gasteiger partial charge in [0.1, 0.15) is 18.5 Å². The zero-order valence-corrected chi connectivity index (χ0v) is 22.2. The molecule has 3 N–H and O–H groups in total. The molecule has 0 radical (unpaired) electrons. The van der Waals surface area contributed by atoms with Crippen LogP contribution in [0.1, 0.15) is 49.7 Å². The van der Waals surface area contributed by atoms with Crippen molar-refractivity contribution in [2.24, 2.45) is 0 Å². The number of fused-ring (bicyclic) bond motifs is 1. The number of H-pyrrole nitrogens is 1. The van der Waals surface area contributed by atoms with Gasteiger partial charge in [0.25, 0.3) is 0 Å². The van der Waals surface area contributed by atoms with Gasteiger partial charge in [-0.05, 0) is 61.4 Å². The van der Waals surface area contributed by atoms with E-state index in [9.17, 15) is 18.8 Å². The number of likely N-dealkylation sites (tertiary alicyclic amines) is 1. The van der Waals surface area contributed by atoms with E-state index in [1.165, 1.54) is 23.1 Å². The van der Waals surface area contributed by atoms with E-state index in [0.717, 1.165) is 36.8 Å². The van der Waals surface area contributed by atoms with Crippen LogP contribution in [0.2, 0.25) is 0 Å². The fourth-order valence-corrected chi connectivity index (χ4v) is 4.96. The summed E-state index contributed by atoms with van der Waals surface area (Å²) in [7, 11) is 0. The summed E-state index contributed by atoms with van der Waals surface area (Å²) in [4.78, 5) is 42.5. The molecule has 1 fully saturated rings. The van der Waals surface area contributed by atoms with Crippen molar-refractivity contribution >= 4 is 28.6 Å². The standard InChI is InChI=1S/C30H37FN4O4/c31-24-13-11-22(12-14-24)20-39-21-28(36)32-16-5-1-2-10-29(37)35-18-6-9-27(35)30(38)33-17-15-23-19-34-26-8-4-3-7-25(23)26/h3-4,7-8,11-14,19,27,34H,1-2,5-6,9-10,15-18,20-21H2,(H,32,36)(H,33,38). The molecule has 3 amide bonds. The van der Waals surface area contributed by atoms with Crippen LogP contribution < -0.4 is 10.6 Å². The van der Waals surface area contributed by atoms with Crippen LogP contribution in [0.4, 0.5) is 4.39 Å². The number of amides is 3. The van der Waals surface area contributed by atoms with Gasteiger partial charge < -0.3 is 25.3 Å². The first-order chi connectivity index (χ1) is 19.0. The number of halogens is 1. The van der Waals surface area contributed by atoms with Gasteiger partial charge in [-0.15, -0.1) is 0 Å². The topological polar surface area (TPSA) is 104 Å². The molecule has 0 aliphatic carbocycles. The van der Waals surface area contributed by atoms with Crippen LogP contribution in [0.25, 0.3) is 10.9 Å². The molecule has 1 aliphatic heterocycles. The van der Waals surface area contributed by atoms with Crippen molar-refractivity contribution in [3.05, 3.63) is 71.7 Å². The molecule has 1 aromatic heterocycles. The lowest BCUT2D eigenvalue weighted by Gasteiger charge is -2.24. The molecule has 208 valence electrons. The summed E-state index contributed by atoms with van der Waals surface area (Å²) in [6.07, 6.45) is 6.91. The van der Waals surface area contributed by atoms with E-state index in [0.29, 0.717) is 38.9 Å². The third kappa shape index (κ3) is 8.38. The molecule has 0 saturated carbocycles. The van der Waals surface area contributed by atoms with Crippen LogP contribution in [-0.4, -0.2) is 59.9 Å². The van der Waals surface area contributed by atoms with Crippen molar-refractivity contribution in [3.63, 3.8) is 0 Å². The van der Waals surface area contributed by atoms with E-state index >= 15 is 0 Å². The molecule has 1 atom stereocenters. The second-order valence-electron chi connectivity index (χ2n) is 9.93. The maximum Gasteiger partial charge on any atom is 0.246 e. The molecule has 0 spiro atoms. The Morgan fingerprint density at radius 2 is 1.82 bits per heavy atom. The van der Waals surface area contributed by atoms with Crippen LogP contribution in [-0.2, 0) is 32.1 Å². The van der Waals surface area contributed by atoms with Crippen LogP contribution >= 0.6 is 0 Å². The van der Waals surface area contributed by atoms with E-state index in [1.807, 2.05) is 24.4 Å². The maximum atomic E-state index is 12.9. The van der Waals surface area contributed by atoms with Gasteiger partial charge in [-0.3, -0.25) is 14.4 Å². The summed E-state index contributed by atoms with van der Waals surface area (Å²) in [5.74, 6) is -0.575. The second-order valence-corrected chi connectivity index (χ2v) is 9.93. The Bertz CT molecular complexity index is 1240. The van der Waals surface area contributed by atoms with Crippen LogP contribution in [0.15, 0.2) is 54.7 Å². The first kappa shape index (κ1) is 28.3. The van der Waals surface area contributed by atoms with Gasteiger partial charge in [-0.25, -0.2) is 4.39 Å². The SMILES string of the molecule is O=C(COCc1ccc(F)cc1)NCCCCCC(=O)N1CCCC1C(=O)NCCc1c[nH]c2ccccc12. The molecule has 9 heteroatoms. The first-order valence-electron chi connectivity index (χ1n) is 13.7. The molecular weight excluding hydrogens is 499 g/mol. The molecular formula is C30H37FN4O4. The van der Waals surface area contributed by atoms with Gasteiger partial charge in [-0.2, -0.15) is 0 Å². The minimum atomic E-state index is -0.394. The fourth-order valence-electron chi connectivity index (χ4n) is 4.96. The average molecular weight is 537 g/mol. The second kappa shape index (κ2) is 14.4.